The number of carbonyl (C=O) groups is 2. The molecule has 5 nitrogen and oxygen atoms in total. The number of rotatable bonds is 7. The molecule has 1 aliphatic heterocycles. The molecule has 21 heavy (non-hydrogen) atoms. The average Bonchev–Trinajstić information content (AvgIpc) is 2.82. The molecule has 1 unspecified atom stereocenters. The second-order valence-corrected chi connectivity index (χ2v) is 6.01. The van der Waals surface area contributed by atoms with Gasteiger partial charge in [0, 0.05) is 31.0 Å². The van der Waals surface area contributed by atoms with Gasteiger partial charge in [-0.3, -0.25) is 9.59 Å². The molecule has 0 saturated carbocycles. The van der Waals surface area contributed by atoms with Crippen molar-refractivity contribution in [3.63, 3.8) is 0 Å². The summed E-state index contributed by atoms with van der Waals surface area (Å²) in [6.45, 7) is 1.07. The van der Waals surface area contributed by atoms with Gasteiger partial charge in [0.1, 0.15) is 0 Å². The Morgan fingerprint density at radius 1 is 1.43 bits per heavy atom. The Morgan fingerprint density at radius 3 is 2.90 bits per heavy atom. The third-order valence-electron chi connectivity index (χ3n) is 3.45. The zero-order valence-electron chi connectivity index (χ0n) is 11.9. The second kappa shape index (κ2) is 7.47. The minimum Gasteiger partial charge on any atom is -0.481 e. The number of aliphatic carboxylic acids is 1. The minimum absolute atomic E-state index is 0.0245. The number of methoxy groups -OCH3 is 1. The van der Waals surface area contributed by atoms with E-state index in [0.29, 0.717) is 18.9 Å². The molecule has 114 valence electrons. The van der Waals surface area contributed by atoms with Crippen molar-refractivity contribution in [1.82, 2.24) is 0 Å². The Morgan fingerprint density at radius 2 is 2.19 bits per heavy atom. The molecular weight excluding hydrogens is 290 g/mol. The molecule has 2 rings (SSSR count). The van der Waals surface area contributed by atoms with Crippen molar-refractivity contribution in [2.45, 2.75) is 12.3 Å². The number of carboxylic acid groups (broad SMARTS) is 1. The van der Waals surface area contributed by atoms with E-state index in [1.54, 1.807) is 12.0 Å². The quantitative estimate of drug-likeness (QED) is 0.780. The average molecular weight is 309 g/mol. The van der Waals surface area contributed by atoms with Gasteiger partial charge in [0.15, 0.2) is 0 Å². The van der Waals surface area contributed by atoms with Crippen LogP contribution in [0.5, 0.6) is 0 Å². The number of carbonyl (C=O) groups excluding carboxylic acids is 1. The molecule has 1 amide bonds. The zero-order chi connectivity index (χ0) is 15.2. The van der Waals surface area contributed by atoms with Gasteiger partial charge in [0.2, 0.25) is 5.91 Å². The molecule has 1 atom stereocenters. The predicted molar refractivity (Wildman–Crippen MR) is 83.0 cm³/mol. The lowest BCUT2D eigenvalue weighted by Gasteiger charge is -2.17. The van der Waals surface area contributed by atoms with Crippen LogP contribution in [0.25, 0.3) is 0 Å². The van der Waals surface area contributed by atoms with Crippen LogP contribution in [-0.2, 0) is 14.3 Å². The van der Waals surface area contributed by atoms with Crippen molar-refractivity contribution >= 4 is 29.3 Å². The lowest BCUT2D eigenvalue weighted by Crippen LogP contribution is -2.31. The lowest BCUT2D eigenvalue weighted by atomic mass is 9.98. The van der Waals surface area contributed by atoms with Crippen molar-refractivity contribution < 1.29 is 19.4 Å². The van der Waals surface area contributed by atoms with Crippen molar-refractivity contribution in [3.8, 4) is 0 Å². The van der Waals surface area contributed by atoms with Crippen LogP contribution in [0.1, 0.15) is 17.9 Å². The van der Waals surface area contributed by atoms with E-state index in [1.807, 2.05) is 24.3 Å². The summed E-state index contributed by atoms with van der Waals surface area (Å²) in [6, 6.07) is 7.55. The van der Waals surface area contributed by atoms with Crippen LogP contribution in [0, 0.1) is 0 Å². The first-order valence-corrected chi connectivity index (χ1v) is 7.96. The van der Waals surface area contributed by atoms with E-state index >= 15 is 0 Å². The number of nitrogens with zero attached hydrogens (tertiary/aromatic N) is 1. The summed E-state index contributed by atoms with van der Waals surface area (Å²) in [5, 5.41) is 9.00. The summed E-state index contributed by atoms with van der Waals surface area (Å²) < 4.78 is 4.96. The lowest BCUT2D eigenvalue weighted by molar-refractivity contribution is -0.137. The summed E-state index contributed by atoms with van der Waals surface area (Å²) in [5.74, 6) is 0.231. The van der Waals surface area contributed by atoms with E-state index in [2.05, 4.69) is 0 Å². The first kappa shape index (κ1) is 15.9. The highest BCUT2D eigenvalue weighted by Gasteiger charge is 2.32. The standard InChI is InChI=1S/C15H19NO4S/c1-20-6-7-21-10-14(17)16-9-11(8-15(18)19)12-4-2-3-5-13(12)16/h2-5,11H,6-10H2,1H3,(H,18,19). The van der Waals surface area contributed by atoms with Gasteiger partial charge in [-0.2, -0.15) is 0 Å². The van der Waals surface area contributed by atoms with Crippen LogP contribution < -0.4 is 4.90 Å². The van der Waals surface area contributed by atoms with E-state index in [9.17, 15) is 9.59 Å². The third kappa shape index (κ3) is 3.98. The van der Waals surface area contributed by atoms with Gasteiger partial charge in [-0.15, -0.1) is 11.8 Å². The largest absolute Gasteiger partial charge is 0.481 e. The van der Waals surface area contributed by atoms with Crippen LogP contribution >= 0.6 is 11.8 Å². The summed E-state index contributed by atoms with van der Waals surface area (Å²) in [5.41, 5.74) is 1.80. The fraction of sp³-hybridized carbons (Fsp3) is 0.467. The number of hydrogen-bond acceptors (Lipinski definition) is 4. The fourth-order valence-corrected chi connectivity index (χ4v) is 3.26. The molecule has 1 aromatic rings. The van der Waals surface area contributed by atoms with E-state index in [4.69, 9.17) is 9.84 Å². The molecule has 0 aliphatic carbocycles. The molecule has 0 aromatic heterocycles. The van der Waals surface area contributed by atoms with Gasteiger partial charge >= 0.3 is 5.97 Å². The molecule has 1 heterocycles. The highest BCUT2D eigenvalue weighted by atomic mass is 32.2. The molecule has 0 radical (unpaired) electrons. The van der Waals surface area contributed by atoms with Gasteiger partial charge < -0.3 is 14.7 Å². The Labute approximate surface area is 128 Å². The SMILES string of the molecule is COCCSCC(=O)N1CC(CC(=O)O)c2ccccc21. The number of amides is 1. The topological polar surface area (TPSA) is 66.8 Å². The summed E-state index contributed by atoms with van der Waals surface area (Å²) in [7, 11) is 1.63. The number of ether oxygens (including phenoxy) is 1. The fourth-order valence-electron chi connectivity index (χ4n) is 2.50. The van der Waals surface area contributed by atoms with E-state index in [-0.39, 0.29) is 18.2 Å². The van der Waals surface area contributed by atoms with Gasteiger partial charge in [-0.25, -0.2) is 0 Å². The molecule has 0 fully saturated rings. The maximum absolute atomic E-state index is 12.3. The van der Waals surface area contributed by atoms with Crippen molar-refractivity contribution in [3.05, 3.63) is 29.8 Å². The third-order valence-corrected chi connectivity index (χ3v) is 4.36. The van der Waals surface area contributed by atoms with E-state index in [0.717, 1.165) is 17.0 Å². The predicted octanol–water partition coefficient (Wildman–Crippen LogP) is 1.97. The van der Waals surface area contributed by atoms with Crippen LogP contribution in [0.3, 0.4) is 0 Å². The molecule has 6 heteroatoms. The van der Waals surface area contributed by atoms with Gasteiger partial charge in [-0.1, -0.05) is 18.2 Å². The van der Waals surface area contributed by atoms with E-state index < -0.39 is 5.97 Å². The number of benzene rings is 1. The van der Waals surface area contributed by atoms with Crippen LogP contribution in [0.2, 0.25) is 0 Å². The Kier molecular flexibility index (Phi) is 5.64. The summed E-state index contributed by atoms with van der Waals surface area (Å²) in [6.07, 6.45) is 0.0532. The molecule has 1 aliphatic rings. The molecule has 0 bridgehead atoms. The monoisotopic (exact) mass is 309 g/mol. The molecule has 0 spiro atoms. The molecular formula is C15H19NO4S. The number of anilines is 1. The Hall–Kier alpha value is -1.53. The highest BCUT2D eigenvalue weighted by Crippen LogP contribution is 2.38. The molecule has 1 N–H and O–H groups in total. The number of carboxylic acids is 1. The Balaban J connectivity index is 2.04. The van der Waals surface area contributed by atoms with Gasteiger partial charge in [0.25, 0.3) is 0 Å². The van der Waals surface area contributed by atoms with Gasteiger partial charge in [0.05, 0.1) is 18.8 Å². The first-order valence-electron chi connectivity index (χ1n) is 6.81. The smallest absolute Gasteiger partial charge is 0.304 e. The minimum atomic E-state index is -0.835. The number of fused-ring (bicyclic) bond motifs is 1. The number of hydrogen-bond donors (Lipinski definition) is 1. The first-order chi connectivity index (χ1) is 10.1. The maximum Gasteiger partial charge on any atom is 0.304 e. The van der Waals surface area contributed by atoms with Gasteiger partial charge in [-0.05, 0) is 11.6 Å². The summed E-state index contributed by atoms with van der Waals surface area (Å²) in [4.78, 5) is 25.0. The zero-order valence-corrected chi connectivity index (χ0v) is 12.8. The van der Waals surface area contributed by atoms with Crippen molar-refractivity contribution in [2.75, 3.05) is 36.7 Å². The van der Waals surface area contributed by atoms with Crippen molar-refractivity contribution in [1.29, 1.82) is 0 Å². The summed E-state index contributed by atoms with van der Waals surface area (Å²) >= 11 is 1.53. The normalized spacial score (nSPS) is 16.8. The number of thioether (sulfide) groups is 1. The van der Waals surface area contributed by atoms with Crippen LogP contribution in [0.15, 0.2) is 24.3 Å². The Bertz CT molecular complexity index is 520. The van der Waals surface area contributed by atoms with Crippen LogP contribution in [0.4, 0.5) is 5.69 Å². The highest BCUT2D eigenvalue weighted by molar-refractivity contribution is 7.99. The van der Waals surface area contributed by atoms with Crippen LogP contribution in [-0.4, -0.2) is 48.8 Å². The molecule has 1 aromatic carbocycles. The van der Waals surface area contributed by atoms with Crippen molar-refractivity contribution in [2.24, 2.45) is 0 Å². The van der Waals surface area contributed by atoms with E-state index in [1.165, 1.54) is 11.8 Å². The second-order valence-electron chi connectivity index (χ2n) is 4.90. The number of para-hydroxylation sites is 1. The maximum atomic E-state index is 12.3. The molecule has 0 saturated heterocycles.